The summed E-state index contributed by atoms with van der Waals surface area (Å²) in [7, 11) is 0. The first-order valence-electron chi connectivity index (χ1n) is 9.69. The fourth-order valence-corrected chi connectivity index (χ4v) is 3.86. The number of ether oxygens (including phenoxy) is 1. The van der Waals surface area contributed by atoms with Gasteiger partial charge in [0.15, 0.2) is 6.23 Å². The third kappa shape index (κ3) is 3.24. The maximum atomic E-state index is 13.3. The Hall–Kier alpha value is -3.20. The molecule has 154 valence electrons. The molecule has 2 aliphatic heterocycles. The highest BCUT2D eigenvalue weighted by Crippen LogP contribution is 2.39. The molecule has 0 amide bonds. The van der Waals surface area contributed by atoms with E-state index >= 15 is 0 Å². The van der Waals surface area contributed by atoms with Crippen molar-refractivity contribution in [3.05, 3.63) is 72.2 Å². The number of hydrazine groups is 1. The Morgan fingerprint density at radius 3 is 2.53 bits per heavy atom. The molecule has 0 radical (unpaired) electrons. The molecular weight excluding hydrogens is 387 g/mol. The average Bonchev–Trinajstić information content (AvgIpc) is 3.31. The lowest BCUT2D eigenvalue weighted by molar-refractivity contribution is -0.0172. The van der Waals surface area contributed by atoms with Crippen molar-refractivity contribution in [2.24, 2.45) is 4.99 Å². The molecule has 1 aromatic heterocycles. The number of aromatic nitrogens is 1. The van der Waals surface area contributed by atoms with Crippen LogP contribution in [0.25, 0.3) is 11.1 Å². The van der Waals surface area contributed by atoms with Gasteiger partial charge in [-0.05, 0) is 29.8 Å². The van der Waals surface area contributed by atoms with E-state index in [0.717, 1.165) is 22.5 Å². The molecule has 2 aromatic carbocycles. The molecule has 3 heterocycles. The summed E-state index contributed by atoms with van der Waals surface area (Å²) in [6, 6.07) is 15.9. The van der Waals surface area contributed by atoms with E-state index in [0.29, 0.717) is 12.4 Å². The van der Waals surface area contributed by atoms with Crippen LogP contribution in [0.1, 0.15) is 11.8 Å². The van der Waals surface area contributed by atoms with Crippen LogP contribution in [-0.2, 0) is 4.74 Å². The predicted molar refractivity (Wildman–Crippen MR) is 112 cm³/mol. The fourth-order valence-electron chi connectivity index (χ4n) is 3.86. The third-order valence-corrected chi connectivity index (χ3v) is 5.33. The second kappa shape index (κ2) is 7.56. The molecular formula is C22H21FN4O3. The molecule has 3 N–H and O–H groups in total. The molecule has 5 rings (SSSR count). The van der Waals surface area contributed by atoms with Crippen molar-refractivity contribution in [3.8, 4) is 11.1 Å². The second-order valence-corrected chi connectivity index (χ2v) is 7.34. The fraction of sp³-hybridized carbons (Fsp3) is 0.227. The molecule has 8 heteroatoms. The van der Waals surface area contributed by atoms with Gasteiger partial charge in [-0.25, -0.2) is 9.40 Å². The molecule has 0 aliphatic carbocycles. The Labute approximate surface area is 172 Å². The van der Waals surface area contributed by atoms with Gasteiger partial charge in [0.2, 0.25) is 0 Å². The normalized spacial score (nSPS) is 22.9. The molecule has 3 aromatic rings. The van der Waals surface area contributed by atoms with Crippen LogP contribution in [-0.4, -0.2) is 46.5 Å². The van der Waals surface area contributed by atoms with Gasteiger partial charge in [0.1, 0.15) is 30.5 Å². The largest absolute Gasteiger partial charge is 0.388 e. The summed E-state index contributed by atoms with van der Waals surface area (Å²) in [6.45, 7) is 0.368. The van der Waals surface area contributed by atoms with Gasteiger partial charge < -0.3 is 19.5 Å². The molecule has 0 saturated carbocycles. The number of nitrogens with one attached hydrogen (secondary N) is 1. The molecule has 2 aliphatic rings. The van der Waals surface area contributed by atoms with Crippen molar-refractivity contribution in [2.75, 3.05) is 23.7 Å². The first-order valence-corrected chi connectivity index (χ1v) is 9.69. The first-order chi connectivity index (χ1) is 14.6. The van der Waals surface area contributed by atoms with E-state index in [9.17, 15) is 14.6 Å². The van der Waals surface area contributed by atoms with E-state index in [2.05, 4.69) is 10.4 Å². The smallest absolute Gasteiger partial charge is 0.164 e. The van der Waals surface area contributed by atoms with Crippen LogP contribution in [0, 0.1) is 5.82 Å². The second-order valence-electron chi connectivity index (χ2n) is 7.34. The predicted octanol–water partition coefficient (Wildman–Crippen LogP) is 2.77. The van der Waals surface area contributed by atoms with Crippen molar-refractivity contribution in [1.29, 1.82) is 0 Å². The Kier molecular flexibility index (Phi) is 4.74. The average molecular weight is 408 g/mol. The first kappa shape index (κ1) is 18.8. The van der Waals surface area contributed by atoms with Gasteiger partial charge >= 0.3 is 0 Å². The SMILES string of the molecule is O[C@@H]1[C@H](O)CO[C@H]1n1cc(-c2ccccc2)c2c1N(Nc1ccc(F)cc1)CN=C2. The Morgan fingerprint density at radius 2 is 1.83 bits per heavy atom. The van der Waals surface area contributed by atoms with Crippen LogP contribution in [0.4, 0.5) is 15.9 Å². The van der Waals surface area contributed by atoms with Gasteiger partial charge in [-0.2, -0.15) is 0 Å². The molecule has 1 fully saturated rings. The minimum atomic E-state index is -1.06. The summed E-state index contributed by atoms with van der Waals surface area (Å²) in [4.78, 5) is 4.47. The molecule has 0 unspecified atom stereocenters. The number of rotatable bonds is 4. The molecule has 1 saturated heterocycles. The number of hydrogen-bond donors (Lipinski definition) is 3. The van der Waals surface area contributed by atoms with E-state index in [1.807, 2.05) is 46.1 Å². The lowest BCUT2D eigenvalue weighted by atomic mass is 10.0. The van der Waals surface area contributed by atoms with E-state index in [-0.39, 0.29) is 12.4 Å². The molecule has 3 atom stereocenters. The Balaban J connectivity index is 1.61. The number of benzene rings is 2. The maximum absolute atomic E-state index is 13.3. The highest BCUT2D eigenvalue weighted by Gasteiger charge is 2.39. The van der Waals surface area contributed by atoms with E-state index < -0.39 is 18.4 Å². The van der Waals surface area contributed by atoms with Gasteiger partial charge in [0.25, 0.3) is 0 Å². The minimum absolute atomic E-state index is 0.0545. The zero-order valence-corrected chi connectivity index (χ0v) is 16.0. The van der Waals surface area contributed by atoms with Gasteiger partial charge in [-0.1, -0.05) is 30.3 Å². The number of aliphatic imine (C=N–C) groups is 1. The summed E-state index contributed by atoms with van der Waals surface area (Å²) >= 11 is 0. The highest BCUT2D eigenvalue weighted by molar-refractivity contribution is 5.98. The lowest BCUT2D eigenvalue weighted by Crippen LogP contribution is -2.37. The van der Waals surface area contributed by atoms with E-state index in [1.54, 1.807) is 18.3 Å². The zero-order valence-electron chi connectivity index (χ0n) is 16.0. The number of hydrogen-bond acceptors (Lipinski definition) is 6. The number of nitrogens with zero attached hydrogens (tertiary/aromatic N) is 3. The number of anilines is 2. The van der Waals surface area contributed by atoms with E-state index in [1.165, 1.54) is 12.1 Å². The number of aliphatic hydroxyl groups excluding tert-OH is 2. The third-order valence-electron chi connectivity index (χ3n) is 5.33. The van der Waals surface area contributed by atoms with Gasteiger partial charge in [-0.15, -0.1) is 0 Å². The van der Waals surface area contributed by atoms with Crippen LogP contribution in [0.5, 0.6) is 0 Å². The summed E-state index contributed by atoms with van der Waals surface area (Å²) in [5.74, 6) is 0.426. The molecule has 7 nitrogen and oxygen atoms in total. The molecule has 0 bridgehead atoms. The minimum Gasteiger partial charge on any atom is -0.388 e. The summed E-state index contributed by atoms with van der Waals surface area (Å²) in [6.07, 6.45) is 0.952. The van der Waals surface area contributed by atoms with Crippen molar-refractivity contribution in [3.63, 3.8) is 0 Å². The number of fused-ring (bicyclic) bond motifs is 1. The van der Waals surface area contributed by atoms with Crippen molar-refractivity contribution in [1.82, 2.24) is 4.57 Å². The monoisotopic (exact) mass is 408 g/mol. The van der Waals surface area contributed by atoms with Crippen LogP contribution in [0.15, 0.2) is 65.8 Å². The molecule has 30 heavy (non-hydrogen) atoms. The maximum Gasteiger partial charge on any atom is 0.164 e. The highest BCUT2D eigenvalue weighted by atomic mass is 19.1. The standard InChI is InChI=1S/C22H21FN4O3/c23-15-6-8-16(9-7-15)25-27-13-24-10-17-18(14-4-2-1-3-5-14)11-26(21(17)27)22-20(29)19(28)12-30-22/h1-11,19-20,22,25,28-29H,12-13H2/t19-,20-,22-/m1/s1. The molecule has 0 spiro atoms. The Morgan fingerprint density at radius 1 is 1.07 bits per heavy atom. The summed E-state index contributed by atoms with van der Waals surface area (Å²) < 4.78 is 20.8. The number of aliphatic hydroxyl groups is 2. The van der Waals surface area contributed by atoms with Gasteiger partial charge in [-0.3, -0.25) is 10.4 Å². The van der Waals surface area contributed by atoms with Crippen LogP contribution >= 0.6 is 0 Å². The van der Waals surface area contributed by atoms with Crippen molar-refractivity contribution < 1.29 is 19.3 Å². The summed E-state index contributed by atoms with van der Waals surface area (Å²) in [5, 5.41) is 22.3. The quantitative estimate of drug-likeness (QED) is 0.619. The van der Waals surface area contributed by atoms with Crippen molar-refractivity contribution >= 4 is 17.7 Å². The zero-order chi connectivity index (χ0) is 20.7. The van der Waals surface area contributed by atoms with Crippen LogP contribution < -0.4 is 10.4 Å². The van der Waals surface area contributed by atoms with Crippen LogP contribution in [0.3, 0.4) is 0 Å². The topological polar surface area (TPSA) is 82.2 Å². The van der Waals surface area contributed by atoms with E-state index in [4.69, 9.17) is 4.74 Å². The van der Waals surface area contributed by atoms with Gasteiger partial charge in [0.05, 0.1) is 12.3 Å². The van der Waals surface area contributed by atoms with Gasteiger partial charge in [0, 0.05) is 23.5 Å². The lowest BCUT2D eigenvalue weighted by Gasteiger charge is -2.31. The van der Waals surface area contributed by atoms with Crippen molar-refractivity contribution in [2.45, 2.75) is 18.4 Å². The van der Waals surface area contributed by atoms with Crippen LogP contribution in [0.2, 0.25) is 0 Å². The number of halogens is 1. The summed E-state index contributed by atoms with van der Waals surface area (Å²) in [5.41, 5.74) is 6.73. The Bertz CT molecular complexity index is 1070.